The molecule has 3 heteroatoms. The Morgan fingerprint density at radius 1 is 0.465 bits per heavy atom. The molecule has 43 heavy (non-hydrogen) atoms. The Morgan fingerprint density at radius 3 is 1.26 bits per heavy atom. The Balaban J connectivity index is 0.000000641. The molecule has 0 amide bonds. The van der Waals surface area contributed by atoms with Crippen LogP contribution in [0.25, 0.3) is 0 Å². The third-order valence-electron chi connectivity index (χ3n) is 7.46. The molecular formula is C40H40FeP2. The SMILES string of the molecule is Cc1cc(C)cc(P(c2cc(C)cc(C)c2)C(C)[C]2[CH][CH][CH][C]2P(c2ccccc2)c2ccccc2)c1.[CH]1[CH][CH][CH][CH]1.[Fe]. The van der Waals surface area contributed by atoms with Gasteiger partial charge in [0.15, 0.2) is 0 Å². The van der Waals surface area contributed by atoms with Crippen LogP contribution in [-0.2, 0) is 17.1 Å². The molecule has 6 rings (SSSR count). The summed E-state index contributed by atoms with van der Waals surface area (Å²) in [4.78, 5) is 0. The first-order chi connectivity index (χ1) is 20.4. The van der Waals surface area contributed by atoms with Gasteiger partial charge >= 0.3 is 0 Å². The van der Waals surface area contributed by atoms with Gasteiger partial charge < -0.3 is 0 Å². The minimum atomic E-state index is -0.639. The van der Waals surface area contributed by atoms with Crippen LogP contribution in [0.1, 0.15) is 29.2 Å². The van der Waals surface area contributed by atoms with Crippen LogP contribution in [0.4, 0.5) is 0 Å². The van der Waals surface area contributed by atoms with Crippen LogP contribution >= 0.6 is 15.8 Å². The molecule has 1 unspecified atom stereocenters. The van der Waals surface area contributed by atoms with Crippen molar-refractivity contribution in [3.8, 4) is 0 Å². The van der Waals surface area contributed by atoms with Crippen molar-refractivity contribution in [1.82, 2.24) is 0 Å². The summed E-state index contributed by atoms with van der Waals surface area (Å²) in [7, 11) is -1.24. The van der Waals surface area contributed by atoms with Gasteiger partial charge in [-0.3, -0.25) is 0 Å². The van der Waals surface area contributed by atoms with Crippen molar-refractivity contribution in [2.24, 2.45) is 0 Å². The maximum absolute atomic E-state index is 2.46. The van der Waals surface area contributed by atoms with Gasteiger partial charge in [0.1, 0.15) is 0 Å². The third kappa shape index (κ3) is 8.92. The van der Waals surface area contributed by atoms with Gasteiger partial charge in [0, 0.05) is 22.7 Å². The summed E-state index contributed by atoms with van der Waals surface area (Å²) >= 11 is 0. The van der Waals surface area contributed by atoms with Crippen molar-refractivity contribution in [2.45, 2.75) is 40.3 Å². The monoisotopic (exact) mass is 638 g/mol. The van der Waals surface area contributed by atoms with Gasteiger partial charge in [-0.05, 0) is 128 Å². The molecule has 218 valence electrons. The molecule has 4 aromatic rings. The van der Waals surface area contributed by atoms with Gasteiger partial charge in [-0.2, -0.15) is 0 Å². The Kier molecular flexibility index (Phi) is 13.1. The summed E-state index contributed by atoms with van der Waals surface area (Å²) in [5.74, 6) is 1.49. The molecule has 2 saturated carbocycles. The van der Waals surface area contributed by atoms with E-state index in [9.17, 15) is 0 Å². The average molecular weight is 639 g/mol. The smallest absolute Gasteiger partial charge is 0.0201 e. The van der Waals surface area contributed by atoms with Crippen molar-refractivity contribution in [3.63, 3.8) is 0 Å². The number of aryl methyl sites for hydroxylation is 4. The molecule has 10 radical (unpaired) electrons. The third-order valence-corrected chi connectivity index (χ3v) is 12.7. The van der Waals surface area contributed by atoms with Crippen LogP contribution in [0.2, 0.25) is 0 Å². The first-order valence-electron chi connectivity index (χ1n) is 14.7. The van der Waals surface area contributed by atoms with Gasteiger partial charge in [-0.1, -0.05) is 126 Å². The van der Waals surface area contributed by atoms with Crippen LogP contribution in [0.5, 0.6) is 0 Å². The van der Waals surface area contributed by atoms with Crippen LogP contribution in [0, 0.1) is 90.6 Å². The Morgan fingerprint density at radius 2 is 0.860 bits per heavy atom. The molecule has 0 bridgehead atoms. The Bertz CT molecular complexity index is 1270. The number of hydrogen-bond acceptors (Lipinski definition) is 0. The molecule has 2 fully saturated rings. The number of benzene rings is 4. The molecule has 0 nitrogen and oxygen atoms in total. The zero-order chi connectivity index (χ0) is 29.5. The zero-order valence-corrected chi connectivity index (χ0v) is 28.6. The largest absolute Gasteiger partial charge is 0.0622 e. The molecule has 0 spiro atoms. The van der Waals surface area contributed by atoms with E-state index < -0.39 is 15.8 Å². The van der Waals surface area contributed by atoms with Crippen LogP contribution in [-0.4, -0.2) is 5.66 Å². The molecule has 0 saturated heterocycles. The fourth-order valence-corrected chi connectivity index (χ4v) is 11.5. The minimum absolute atomic E-state index is 0. The summed E-state index contributed by atoms with van der Waals surface area (Å²) in [6.45, 7) is 11.4. The fraction of sp³-hybridized carbons (Fsp3) is 0.150. The topological polar surface area (TPSA) is 0 Å². The van der Waals surface area contributed by atoms with E-state index in [0.29, 0.717) is 5.66 Å². The molecular weight excluding hydrogens is 598 g/mol. The summed E-state index contributed by atoms with van der Waals surface area (Å²) in [5.41, 5.74) is 7.26. The van der Waals surface area contributed by atoms with E-state index >= 15 is 0 Å². The second-order valence-electron chi connectivity index (χ2n) is 11.1. The number of hydrogen-bond donors (Lipinski definition) is 0. The zero-order valence-electron chi connectivity index (χ0n) is 25.7. The predicted octanol–water partition coefficient (Wildman–Crippen LogP) is 8.63. The Hall–Kier alpha value is -1.74. The van der Waals surface area contributed by atoms with Gasteiger partial charge in [0.25, 0.3) is 0 Å². The van der Waals surface area contributed by atoms with E-state index in [2.05, 4.69) is 151 Å². The van der Waals surface area contributed by atoms with Crippen molar-refractivity contribution in [3.05, 3.63) is 182 Å². The normalized spacial score (nSPS) is 16.2. The molecule has 0 N–H and O–H groups in total. The van der Waals surface area contributed by atoms with Crippen LogP contribution in [0.15, 0.2) is 97.1 Å². The van der Waals surface area contributed by atoms with Crippen molar-refractivity contribution in [1.29, 1.82) is 0 Å². The molecule has 2 aliphatic carbocycles. The second-order valence-corrected chi connectivity index (χ2v) is 15.8. The van der Waals surface area contributed by atoms with Gasteiger partial charge in [0.05, 0.1) is 0 Å². The van der Waals surface area contributed by atoms with Gasteiger partial charge in [0.2, 0.25) is 0 Å². The van der Waals surface area contributed by atoms with E-state index in [4.69, 9.17) is 0 Å². The molecule has 0 aromatic heterocycles. The van der Waals surface area contributed by atoms with Gasteiger partial charge in [-0.25, -0.2) is 0 Å². The van der Waals surface area contributed by atoms with Crippen molar-refractivity contribution < 1.29 is 17.1 Å². The standard InChI is InChI=1S/C35H35P2.C5H5.Fe/c1-25-19-26(2)22-32(21-25)36(33-23-27(3)20-28(4)24-33)29(5)34-17-12-18-35(34)37(30-13-8-6-9-14-30)31-15-10-7-11-16-31;1-2-4-5-3-1;/h6-24,29H,1-5H3;1-5H;. The minimum Gasteiger partial charge on any atom is -0.0622 e. The molecule has 1 atom stereocenters. The van der Waals surface area contributed by atoms with Crippen LogP contribution in [0.3, 0.4) is 0 Å². The first-order valence-corrected chi connectivity index (χ1v) is 17.4. The molecule has 0 aliphatic heterocycles. The maximum Gasteiger partial charge on any atom is 0.0201 e. The maximum atomic E-state index is 2.46. The average Bonchev–Trinajstić information content (AvgIpc) is 3.70. The molecule has 4 aromatic carbocycles. The van der Waals surface area contributed by atoms with Crippen molar-refractivity contribution in [2.75, 3.05) is 0 Å². The first kappa shape index (κ1) is 34.1. The van der Waals surface area contributed by atoms with E-state index in [1.54, 1.807) is 0 Å². The van der Waals surface area contributed by atoms with Crippen LogP contribution < -0.4 is 21.2 Å². The summed E-state index contributed by atoms with van der Waals surface area (Å²) < 4.78 is 0. The van der Waals surface area contributed by atoms with E-state index in [-0.39, 0.29) is 17.1 Å². The fourth-order valence-electron chi connectivity index (χ4n) is 5.80. The Labute approximate surface area is 275 Å². The summed E-state index contributed by atoms with van der Waals surface area (Å²) in [6.07, 6.45) is 17.1. The van der Waals surface area contributed by atoms with Crippen molar-refractivity contribution >= 4 is 37.1 Å². The van der Waals surface area contributed by atoms with E-state index in [0.717, 1.165) is 0 Å². The summed E-state index contributed by atoms with van der Waals surface area (Å²) in [5, 5.41) is 5.76. The molecule has 0 heterocycles. The van der Waals surface area contributed by atoms with Gasteiger partial charge in [-0.15, -0.1) is 0 Å². The van der Waals surface area contributed by atoms with E-state index in [1.165, 1.54) is 55.0 Å². The second kappa shape index (κ2) is 16.5. The van der Waals surface area contributed by atoms with E-state index in [1.807, 2.05) is 32.1 Å². The quantitative estimate of drug-likeness (QED) is 0.141. The number of rotatable bonds is 7. The summed E-state index contributed by atoms with van der Waals surface area (Å²) in [6, 6.07) is 36.4. The molecule has 2 aliphatic rings. The predicted molar refractivity (Wildman–Crippen MR) is 187 cm³/mol.